The predicted octanol–water partition coefficient (Wildman–Crippen LogP) is 4.29. The number of ether oxygens (including phenoxy) is 1. The van der Waals surface area contributed by atoms with Crippen LogP contribution in [0.3, 0.4) is 0 Å². The molecule has 0 bridgehead atoms. The molecule has 0 aromatic rings. The van der Waals surface area contributed by atoms with Crippen LogP contribution in [0.15, 0.2) is 37.0 Å². The minimum Gasteiger partial charge on any atom is -0.469 e. The van der Waals surface area contributed by atoms with Gasteiger partial charge in [0.15, 0.2) is 0 Å². The van der Waals surface area contributed by atoms with Crippen molar-refractivity contribution in [1.29, 1.82) is 0 Å². The Hall–Kier alpha value is -1.72. The van der Waals surface area contributed by atoms with Crippen molar-refractivity contribution in [2.75, 3.05) is 7.11 Å². The van der Waals surface area contributed by atoms with Crippen LogP contribution in [-0.4, -0.2) is 41.3 Å². The maximum Gasteiger partial charge on any atom is 0.305 e. The molecule has 168 valence electrons. The third kappa shape index (κ3) is 6.64. The van der Waals surface area contributed by atoms with Gasteiger partial charge < -0.3 is 14.9 Å². The summed E-state index contributed by atoms with van der Waals surface area (Å²) in [5, 5.41) is 21.1. The Bertz CT molecular complexity index is 631. The SMILES string of the molecule is C=CCCC1(C(O)CC=C[C@H]2C(O)CC(=O)[C@@H]2CC=CCCCC(=O)OC)CCC1. The van der Waals surface area contributed by atoms with E-state index in [4.69, 9.17) is 0 Å². The van der Waals surface area contributed by atoms with E-state index in [1.807, 2.05) is 30.4 Å². The molecule has 2 N–H and O–H groups in total. The van der Waals surface area contributed by atoms with Crippen LogP contribution in [0.25, 0.3) is 0 Å². The van der Waals surface area contributed by atoms with Crippen LogP contribution in [0.4, 0.5) is 0 Å². The van der Waals surface area contributed by atoms with Crippen molar-refractivity contribution in [3.05, 3.63) is 37.0 Å². The molecule has 0 aromatic carbocycles. The van der Waals surface area contributed by atoms with Gasteiger partial charge in [-0.3, -0.25) is 9.59 Å². The number of ketones is 1. The summed E-state index contributed by atoms with van der Waals surface area (Å²) in [6, 6.07) is 0. The highest BCUT2D eigenvalue weighted by molar-refractivity contribution is 5.84. The third-order valence-corrected chi connectivity index (χ3v) is 6.89. The highest BCUT2D eigenvalue weighted by Crippen LogP contribution is 2.48. The monoisotopic (exact) mass is 418 g/mol. The maximum absolute atomic E-state index is 12.3. The zero-order valence-electron chi connectivity index (χ0n) is 18.3. The smallest absolute Gasteiger partial charge is 0.305 e. The molecule has 2 fully saturated rings. The van der Waals surface area contributed by atoms with Crippen molar-refractivity contribution < 1.29 is 24.5 Å². The number of carbonyl (C=O) groups is 2. The van der Waals surface area contributed by atoms with E-state index in [0.29, 0.717) is 19.3 Å². The van der Waals surface area contributed by atoms with E-state index in [2.05, 4.69) is 11.3 Å². The molecule has 2 rings (SSSR count). The lowest BCUT2D eigenvalue weighted by Gasteiger charge is -2.45. The quantitative estimate of drug-likeness (QED) is 0.265. The zero-order valence-corrected chi connectivity index (χ0v) is 18.3. The lowest BCUT2D eigenvalue weighted by Crippen LogP contribution is -2.41. The van der Waals surface area contributed by atoms with E-state index in [-0.39, 0.29) is 41.5 Å². The van der Waals surface area contributed by atoms with Crippen LogP contribution in [-0.2, 0) is 14.3 Å². The van der Waals surface area contributed by atoms with E-state index in [1.54, 1.807) is 0 Å². The lowest BCUT2D eigenvalue weighted by molar-refractivity contribution is -0.140. The van der Waals surface area contributed by atoms with Gasteiger partial charge in [0, 0.05) is 24.7 Å². The van der Waals surface area contributed by atoms with Gasteiger partial charge in [-0.15, -0.1) is 6.58 Å². The molecular formula is C25H38O5. The molecule has 5 heteroatoms. The number of hydrogen-bond acceptors (Lipinski definition) is 5. The first-order chi connectivity index (χ1) is 14.4. The Labute approximate surface area is 180 Å². The molecule has 2 saturated carbocycles. The number of rotatable bonds is 13. The van der Waals surface area contributed by atoms with Gasteiger partial charge in [-0.1, -0.05) is 36.8 Å². The number of unbranched alkanes of at least 4 members (excludes halogenated alkanes) is 1. The summed E-state index contributed by atoms with van der Waals surface area (Å²) < 4.78 is 4.62. The Kier molecular flexibility index (Phi) is 9.99. The fourth-order valence-electron chi connectivity index (χ4n) is 4.74. The van der Waals surface area contributed by atoms with E-state index < -0.39 is 6.10 Å². The molecule has 0 aromatic heterocycles. The van der Waals surface area contributed by atoms with Crippen molar-refractivity contribution in [2.45, 2.75) is 82.8 Å². The van der Waals surface area contributed by atoms with Crippen LogP contribution in [0, 0.1) is 17.3 Å². The fraction of sp³-hybridized carbons (Fsp3) is 0.680. The molecule has 0 amide bonds. The van der Waals surface area contributed by atoms with Crippen LogP contribution in [0.1, 0.15) is 70.6 Å². The van der Waals surface area contributed by atoms with Crippen molar-refractivity contribution in [1.82, 2.24) is 0 Å². The summed E-state index contributed by atoms with van der Waals surface area (Å²) in [4.78, 5) is 23.4. The van der Waals surface area contributed by atoms with Gasteiger partial charge in [-0.2, -0.15) is 0 Å². The number of esters is 1. The molecule has 0 radical (unpaired) electrons. The summed E-state index contributed by atoms with van der Waals surface area (Å²) in [6.45, 7) is 3.79. The highest BCUT2D eigenvalue weighted by Gasteiger charge is 2.42. The largest absolute Gasteiger partial charge is 0.469 e. The number of aliphatic hydroxyl groups excluding tert-OH is 2. The van der Waals surface area contributed by atoms with E-state index in [0.717, 1.165) is 38.5 Å². The summed E-state index contributed by atoms with van der Waals surface area (Å²) >= 11 is 0. The first kappa shape index (κ1) is 24.5. The van der Waals surface area contributed by atoms with Gasteiger partial charge in [0.05, 0.1) is 19.3 Å². The maximum atomic E-state index is 12.3. The second-order valence-electron chi connectivity index (χ2n) is 8.82. The summed E-state index contributed by atoms with van der Waals surface area (Å²) in [6.07, 6.45) is 17.1. The molecule has 2 unspecified atom stereocenters. The van der Waals surface area contributed by atoms with Crippen molar-refractivity contribution in [3.63, 3.8) is 0 Å². The topological polar surface area (TPSA) is 83.8 Å². The van der Waals surface area contributed by atoms with E-state index in [1.165, 1.54) is 13.5 Å². The second kappa shape index (κ2) is 12.2. The van der Waals surface area contributed by atoms with Crippen molar-refractivity contribution in [2.24, 2.45) is 17.3 Å². The number of aliphatic hydroxyl groups is 2. The number of allylic oxidation sites excluding steroid dienone is 3. The normalized spacial score (nSPS) is 26.8. The first-order valence-electron chi connectivity index (χ1n) is 11.3. The molecule has 0 spiro atoms. The molecular weight excluding hydrogens is 380 g/mol. The van der Waals surface area contributed by atoms with E-state index >= 15 is 0 Å². The summed E-state index contributed by atoms with van der Waals surface area (Å²) in [5.74, 6) is -0.532. The Morgan fingerprint density at radius 1 is 1.30 bits per heavy atom. The summed E-state index contributed by atoms with van der Waals surface area (Å²) in [5.41, 5.74) is 0.00891. The minimum atomic E-state index is -0.651. The molecule has 0 saturated heterocycles. The van der Waals surface area contributed by atoms with Crippen LogP contribution in [0.2, 0.25) is 0 Å². The molecule has 4 atom stereocenters. The fourth-order valence-corrected chi connectivity index (χ4v) is 4.74. The molecule has 0 heterocycles. The third-order valence-electron chi connectivity index (χ3n) is 6.89. The average Bonchev–Trinajstić information content (AvgIpc) is 2.96. The van der Waals surface area contributed by atoms with Gasteiger partial charge in [-0.25, -0.2) is 0 Å². The molecule has 2 aliphatic rings. The average molecular weight is 419 g/mol. The highest BCUT2D eigenvalue weighted by atomic mass is 16.5. The second-order valence-corrected chi connectivity index (χ2v) is 8.82. The molecule has 30 heavy (non-hydrogen) atoms. The molecule has 0 aliphatic heterocycles. The standard InChI is InChI=1S/C25H38O5/c1-3-4-15-25(16-10-17-25)23(28)13-9-12-20-19(21(26)18-22(20)27)11-7-5-6-8-14-24(29)30-2/h3,5,7,9,12,19-20,22-23,27-28H,1,4,6,8,10-11,13-18H2,2H3/t19-,20-,22?,23?/m1/s1. The van der Waals surface area contributed by atoms with Crippen molar-refractivity contribution >= 4 is 11.8 Å². The van der Waals surface area contributed by atoms with Gasteiger partial charge in [0.25, 0.3) is 0 Å². The van der Waals surface area contributed by atoms with Crippen LogP contribution < -0.4 is 0 Å². The van der Waals surface area contributed by atoms with Gasteiger partial charge >= 0.3 is 5.97 Å². The number of hydrogen-bond donors (Lipinski definition) is 2. The molecule has 5 nitrogen and oxygen atoms in total. The number of carbonyl (C=O) groups excluding carboxylic acids is 2. The predicted molar refractivity (Wildman–Crippen MR) is 118 cm³/mol. The van der Waals surface area contributed by atoms with Gasteiger partial charge in [0.2, 0.25) is 0 Å². The zero-order chi connectivity index (χ0) is 22.0. The van der Waals surface area contributed by atoms with Crippen LogP contribution in [0.5, 0.6) is 0 Å². The van der Waals surface area contributed by atoms with Crippen molar-refractivity contribution in [3.8, 4) is 0 Å². The Morgan fingerprint density at radius 3 is 2.70 bits per heavy atom. The number of Topliss-reactive ketones (excluding diaryl/α,β-unsaturated/α-hetero) is 1. The minimum absolute atomic E-state index is 0.00891. The summed E-state index contributed by atoms with van der Waals surface area (Å²) in [7, 11) is 1.38. The Balaban J connectivity index is 1.84. The van der Waals surface area contributed by atoms with E-state index in [9.17, 15) is 19.8 Å². The first-order valence-corrected chi connectivity index (χ1v) is 11.3. The van der Waals surface area contributed by atoms with Crippen LogP contribution >= 0.6 is 0 Å². The molecule has 2 aliphatic carbocycles. The lowest BCUT2D eigenvalue weighted by atomic mass is 9.62. The van der Waals surface area contributed by atoms with Gasteiger partial charge in [-0.05, 0) is 56.8 Å². The van der Waals surface area contributed by atoms with Gasteiger partial charge in [0.1, 0.15) is 5.78 Å². The Morgan fingerprint density at radius 2 is 2.07 bits per heavy atom. The number of methoxy groups -OCH3 is 1.